The van der Waals surface area contributed by atoms with E-state index in [2.05, 4.69) is 47.1 Å². The van der Waals surface area contributed by atoms with Crippen LogP contribution in [0.3, 0.4) is 0 Å². The van der Waals surface area contributed by atoms with Gasteiger partial charge in [0.05, 0.1) is 18.2 Å². The summed E-state index contributed by atoms with van der Waals surface area (Å²) in [6.07, 6.45) is 2.59. The number of nitrogens with one attached hydrogen (secondary N) is 1. The Balaban J connectivity index is 1.76. The Bertz CT molecular complexity index is 1310. The van der Waals surface area contributed by atoms with Crippen molar-refractivity contribution >= 4 is 39.4 Å². The zero-order valence-electron chi connectivity index (χ0n) is 19.3. The van der Waals surface area contributed by atoms with Crippen molar-refractivity contribution in [1.82, 2.24) is 9.99 Å². The van der Waals surface area contributed by atoms with Gasteiger partial charge in [-0.15, -0.1) is 0 Å². The van der Waals surface area contributed by atoms with Gasteiger partial charge < -0.3 is 4.57 Å². The predicted octanol–water partition coefficient (Wildman–Crippen LogP) is 4.28. The number of nitrogens with zero attached hydrogens (tertiary/aromatic N) is 3. The summed E-state index contributed by atoms with van der Waals surface area (Å²) >= 11 is 5.97. The molecule has 3 rings (SSSR count). The van der Waals surface area contributed by atoms with E-state index >= 15 is 0 Å². The summed E-state index contributed by atoms with van der Waals surface area (Å²) in [5.74, 6) is -0.570. The molecule has 33 heavy (non-hydrogen) atoms. The highest BCUT2D eigenvalue weighted by Gasteiger charge is 2.21. The van der Waals surface area contributed by atoms with Gasteiger partial charge in [-0.05, 0) is 75.2 Å². The van der Waals surface area contributed by atoms with Crippen LogP contribution in [0, 0.1) is 27.7 Å². The molecule has 0 saturated carbocycles. The summed E-state index contributed by atoms with van der Waals surface area (Å²) < 4.78 is 27.5. The fourth-order valence-electron chi connectivity index (χ4n) is 3.77. The molecule has 174 valence electrons. The molecule has 0 aliphatic carbocycles. The molecule has 0 aliphatic rings. The molecule has 0 radical (unpaired) electrons. The van der Waals surface area contributed by atoms with Gasteiger partial charge >= 0.3 is 0 Å². The number of anilines is 1. The third-order valence-corrected chi connectivity index (χ3v) is 6.49. The molecular weight excluding hydrogens is 460 g/mol. The maximum absolute atomic E-state index is 12.4. The molecule has 1 N–H and O–H groups in total. The van der Waals surface area contributed by atoms with Crippen molar-refractivity contribution in [3.63, 3.8) is 0 Å². The van der Waals surface area contributed by atoms with Crippen LogP contribution in [0.2, 0.25) is 5.02 Å². The van der Waals surface area contributed by atoms with Crippen molar-refractivity contribution in [2.24, 2.45) is 5.10 Å². The maximum Gasteiger partial charge on any atom is 0.260 e. The molecule has 9 heteroatoms. The van der Waals surface area contributed by atoms with Crippen LogP contribution in [0.1, 0.15) is 28.1 Å². The molecule has 7 nitrogen and oxygen atoms in total. The molecule has 0 fully saturated rings. The fourth-order valence-corrected chi connectivity index (χ4v) is 4.80. The number of hydrogen-bond donors (Lipinski definition) is 1. The molecule has 0 spiro atoms. The maximum atomic E-state index is 12.4. The first-order chi connectivity index (χ1) is 15.5. The molecule has 1 heterocycles. The largest absolute Gasteiger partial charge is 0.318 e. The summed E-state index contributed by atoms with van der Waals surface area (Å²) in [6, 6.07) is 14.7. The zero-order chi connectivity index (χ0) is 24.3. The lowest BCUT2D eigenvalue weighted by molar-refractivity contribution is -0.119. The first kappa shape index (κ1) is 24.5. The van der Waals surface area contributed by atoms with Crippen LogP contribution in [0.4, 0.5) is 5.69 Å². The highest BCUT2D eigenvalue weighted by Crippen LogP contribution is 2.23. The molecule has 0 atom stereocenters. The monoisotopic (exact) mass is 486 g/mol. The van der Waals surface area contributed by atoms with Crippen molar-refractivity contribution in [2.45, 2.75) is 27.7 Å². The highest BCUT2D eigenvalue weighted by atomic mass is 35.5. The van der Waals surface area contributed by atoms with Gasteiger partial charge in [0.25, 0.3) is 5.91 Å². The van der Waals surface area contributed by atoms with Crippen LogP contribution in [0.5, 0.6) is 0 Å². The van der Waals surface area contributed by atoms with E-state index in [-0.39, 0.29) is 0 Å². The normalized spacial score (nSPS) is 11.7. The predicted molar refractivity (Wildman–Crippen MR) is 134 cm³/mol. The first-order valence-electron chi connectivity index (χ1n) is 10.3. The average molecular weight is 487 g/mol. The molecule has 3 aromatic rings. The van der Waals surface area contributed by atoms with E-state index < -0.39 is 22.5 Å². The van der Waals surface area contributed by atoms with Crippen LogP contribution < -0.4 is 9.73 Å². The lowest BCUT2D eigenvalue weighted by Gasteiger charge is -2.21. The second-order valence-electron chi connectivity index (χ2n) is 8.05. The third kappa shape index (κ3) is 6.03. The summed E-state index contributed by atoms with van der Waals surface area (Å²) in [4.78, 5) is 12.4. The smallest absolute Gasteiger partial charge is 0.260 e. The number of amides is 1. The van der Waals surface area contributed by atoms with Crippen LogP contribution in [-0.2, 0) is 14.8 Å². The van der Waals surface area contributed by atoms with Crippen molar-refractivity contribution in [3.05, 3.63) is 81.6 Å². The number of aromatic nitrogens is 1. The number of hydrogen-bond acceptors (Lipinski definition) is 4. The standard InChI is InChI=1S/C24H27ClN4O3S/c1-16-9-17(2)11-23(10-16)29-18(3)12-20(19(29)4)14-26-27-24(30)15-28(33(5,31)32)22-8-6-7-21(25)13-22/h6-14H,15H2,1-5H3,(H,27,30). The van der Waals surface area contributed by atoms with E-state index in [1.807, 2.05) is 19.9 Å². The van der Waals surface area contributed by atoms with Gasteiger partial charge in [-0.3, -0.25) is 9.10 Å². The van der Waals surface area contributed by atoms with E-state index in [1.165, 1.54) is 17.2 Å². The number of aryl methyl sites for hydroxylation is 3. The molecular formula is C24H27ClN4O3S. The number of hydrazone groups is 1. The van der Waals surface area contributed by atoms with Crippen molar-refractivity contribution < 1.29 is 13.2 Å². The van der Waals surface area contributed by atoms with Crippen molar-refractivity contribution in [2.75, 3.05) is 17.1 Å². The molecule has 0 unspecified atom stereocenters. The van der Waals surface area contributed by atoms with Crippen molar-refractivity contribution in [3.8, 4) is 5.69 Å². The van der Waals surface area contributed by atoms with Crippen LogP contribution in [-0.4, -0.2) is 37.9 Å². The summed E-state index contributed by atoms with van der Waals surface area (Å²) in [5.41, 5.74) is 9.00. The topological polar surface area (TPSA) is 83.8 Å². The first-order valence-corrected chi connectivity index (χ1v) is 12.5. The van der Waals surface area contributed by atoms with Gasteiger partial charge in [0.2, 0.25) is 10.0 Å². The minimum atomic E-state index is -3.70. The lowest BCUT2D eigenvalue weighted by atomic mass is 10.1. The molecule has 1 amide bonds. The zero-order valence-corrected chi connectivity index (χ0v) is 20.8. The SMILES string of the molecule is Cc1cc(C)cc(-n2c(C)cc(C=NNC(=O)CN(c3cccc(Cl)c3)S(C)(=O)=O)c2C)c1. The molecule has 1 aromatic heterocycles. The van der Waals surface area contributed by atoms with Crippen LogP contribution in [0.25, 0.3) is 5.69 Å². The Morgan fingerprint density at radius 3 is 2.36 bits per heavy atom. The van der Waals surface area contributed by atoms with Gasteiger partial charge in [-0.25, -0.2) is 13.8 Å². The summed E-state index contributed by atoms with van der Waals surface area (Å²) in [7, 11) is -3.70. The summed E-state index contributed by atoms with van der Waals surface area (Å²) in [6.45, 7) is 7.70. The number of carbonyl (C=O) groups is 1. The second kappa shape index (κ2) is 9.80. The molecule has 0 saturated heterocycles. The van der Waals surface area contributed by atoms with Crippen LogP contribution >= 0.6 is 11.6 Å². The van der Waals surface area contributed by atoms with Crippen molar-refractivity contribution in [1.29, 1.82) is 0 Å². The Morgan fingerprint density at radius 2 is 1.76 bits per heavy atom. The number of halogens is 1. The number of benzene rings is 2. The molecule has 0 bridgehead atoms. The highest BCUT2D eigenvalue weighted by molar-refractivity contribution is 7.92. The quantitative estimate of drug-likeness (QED) is 0.399. The van der Waals surface area contributed by atoms with Gasteiger partial charge in [0, 0.05) is 27.7 Å². The Labute approximate surface area is 199 Å². The van der Waals surface area contributed by atoms with Gasteiger partial charge in [-0.2, -0.15) is 5.10 Å². The van der Waals surface area contributed by atoms with Gasteiger partial charge in [0.15, 0.2) is 0 Å². The Morgan fingerprint density at radius 1 is 1.09 bits per heavy atom. The minimum Gasteiger partial charge on any atom is -0.318 e. The number of carbonyl (C=O) groups excluding carboxylic acids is 1. The van der Waals surface area contributed by atoms with E-state index in [0.717, 1.165) is 33.2 Å². The minimum absolute atomic E-state index is 0.307. The second-order valence-corrected chi connectivity index (χ2v) is 10.4. The fraction of sp³-hybridized carbons (Fsp3) is 0.250. The lowest BCUT2D eigenvalue weighted by Crippen LogP contribution is -2.39. The average Bonchev–Trinajstić information content (AvgIpc) is 2.97. The van der Waals surface area contributed by atoms with Gasteiger partial charge in [-0.1, -0.05) is 23.7 Å². The third-order valence-electron chi connectivity index (χ3n) is 5.11. The Hall–Kier alpha value is -3.10. The summed E-state index contributed by atoms with van der Waals surface area (Å²) in [5, 5.41) is 4.42. The van der Waals surface area contributed by atoms with E-state index in [0.29, 0.717) is 10.7 Å². The van der Waals surface area contributed by atoms with E-state index in [1.54, 1.807) is 24.4 Å². The Kier molecular flexibility index (Phi) is 7.29. The van der Waals surface area contributed by atoms with E-state index in [9.17, 15) is 13.2 Å². The molecule has 0 aliphatic heterocycles. The van der Waals surface area contributed by atoms with Gasteiger partial charge in [0.1, 0.15) is 6.54 Å². The number of sulfonamides is 1. The number of rotatable bonds is 7. The van der Waals surface area contributed by atoms with E-state index in [4.69, 9.17) is 11.6 Å². The van der Waals surface area contributed by atoms with Crippen LogP contribution in [0.15, 0.2) is 53.6 Å². The molecule has 2 aromatic carbocycles.